The Morgan fingerprint density at radius 3 is 1.12 bits per heavy atom. The molecule has 4 aliphatic carbocycles. The van der Waals surface area contributed by atoms with Gasteiger partial charge < -0.3 is 14.2 Å². The fraction of sp³-hybridized carbons (Fsp3) is 0.494. The van der Waals surface area contributed by atoms with E-state index in [-0.39, 0.29) is 116 Å². The highest BCUT2D eigenvalue weighted by molar-refractivity contribution is 7.89. The third-order valence-corrected chi connectivity index (χ3v) is 24.1. The summed E-state index contributed by atoms with van der Waals surface area (Å²) >= 11 is 24.7. The first-order valence-electron chi connectivity index (χ1n) is 37.2. The number of likely N-dealkylation sites (tertiary alicyclic amines) is 3. The number of carbonyl (C=O) groups excluding carboxylic acids is 3. The Morgan fingerprint density at radius 2 is 0.825 bits per heavy atom. The van der Waals surface area contributed by atoms with Crippen LogP contribution in [-0.4, -0.2) is 146 Å². The predicted octanol–water partition coefficient (Wildman–Crippen LogP) is 16.0. The molecule has 21 nitrogen and oxygen atoms in total. The second-order valence-corrected chi connectivity index (χ2v) is 38.0. The van der Waals surface area contributed by atoms with Gasteiger partial charge in [-0.2, -0.15) is 23.7 Å². The molecule has 35 heteroatoms. The maximum absolute atomic E-state index is 15.7. The van der Waals surface area contributed by atoms with Crippen LogP contribution in [0.2, 0.25) is 20.1 Å². The molecular weight excluding hydrogens is 1640 g/mol. The molecule has 4 heterocycles. The molecule has 1 aromatic heterocycles. The van der Waals surface area contributed by atoms with E-state index in [2.05, 4.69) is 40.8 Å². The maximum atomic E-state index is 15.7. The Bertz CT molecular complexity index is 4850. The van der Waals surface area contributed by atoms with Gasteiger partial charge in [-0.05, 0) is 216 Å². The van der Waals surface area contributed by atoms with E-state index in [0.29, 0.717) is 100 Å². The standard InChI is InChI=1S/C27H30F5N3O4S.2C26H28Cl2FN3O4S/c1-40(37,38)34-25(36)21-12-20(16-2-3-16)24(13-22(21)28)39-15-26(29)6-8-35(9-7-26)14-19-10-18(27(30,31)32)11-23(33-19)17-4-5-17;2*1-16(18-9-19(27)11-20(28)10-18)32-7-5-26(14-30,6-8-32)15-36-24-13-23(29)22(12-21(24)17-3-4-17)25(33)31-37(2,34)35/h10-13,16-17H,2-9,14-15H2,1H3,(H,34,36);2*9-13,16-17H,3-8,15H2,1-2H3,(H,31,33)/t;2*16-/m.10/s1. The van der Waals surface area contributed by atoms with Crippen LogP contribution in [0.15, 0.2) is 84.9 Å². The minimum Gasteiger partial charge on any atom is -0.492 e. The maximum Gasteiger partial charge on any atom is 0.416 e. The number of amides is 3. The summed E-state index contributed by atoms with van der Waals surface area (Å²) in [5, 5.41) is 22.4. The minimum atomic E-state index is -4.47. The molecule has 3 saturated heterocycles. The molecule has 0 unspecified atom stereocenters. The third-order valence-electron chi connectivity index (χ3n) is 21.6. The molecule has 3 N–H and O–H groups in total. The summed E-state index contributed by atoms with van der Waals surface area (Å²) in [5.74, 6) is -4.94. The van der Waals surface area contributed by atoms with Gasteiger partial charge in [-0.1, -0.05) is 46.4 Å². The third kappa shape index (κ3) is 23.6. The molecule has 2 atom stereocenters. The quantitative estimate of drug-likeness (QED) is 0.0449. The number of nitriles is 2. The monoisotopic (exact) mass is 1720 g/mol. The second-order valence-electron chi connectivity index (χ2n) is 31.0. The van der Waals surface area contributed by atoms with Crippen molar-refractivity contribution >= 4 is 94.2 Å². The van der Waals surface area contributed by atoms with Gasteiger partial charge in [-0.25, -0.2) is 57.0 Å². The van der Waals surface area contributed by atoms with Crippen molar-refractivity contribution < 1.29 is 84.6 Å². The number of pyridine rings is 1. The number of carbonyl (C=O) groups is 3. The van der Waals surface area contributed by atoms with E-state index in [4.69, 9.17) is 60.6 Å². The van der Waals surface area contributed by atoms with Crippen molar-refractivity contribution in [2.24, 2.45) is 10.8 Å². The van der Waals surface area contributed by atoms with Crippen molar-refractivity contribution in [3.05, 3.63) is 184 Å². The highest BCUT2D eigenvalue weighted by Crippen LogP contribution is 2.50. The number of nitrogens with zero attached hydrogens (tertiary/aromatic N) is 6. The lowest BCUT2D eigenvalue weighted by Gasteiger charge is -2.40. The molecule has 3 aliphatic heterocycles. The van der Waals surface area contributed by atoms with E-state index >= 15 is 4.39 Å². The molecule has 5 aromatic carbocycles. The Hall–Kier alpha value is -7.56. The van der Waals surface area contributed by atoms with Gasteiger partial charge in [-0.3, -0.25) is 34.1 Å². The average molecular weight is 1720 g/mol. The van der Waals surface area contributed by atoms with Gasteiger partial charge >= 0.3 is 6.18 Å². The Morgan fingerprint density at radius 1 is 0.500 bits per heavy atom. The van der Waals surface area contributed by atoms with Gasteiger partial charge in [0.15, 0.2) is 0 Å². The lowest BCUT2D eigenvalue weighted by molar-refractivity contribution is -0.137. The van der Waals surface area contributed by atoms with Crippen LogP contribution in [0.1, 0.15) is 215 Å². The Balaban J connectivity index is 0.000000169. The average Bonchev–Trinajstić information content (AvgIpc) is 1.47. The SMILES string of the molecule is CS(=O)(=O)NC(=O)c1cc(C2CC2)c(OCC2(F)CCN(Cc3cc(C(F)(F)F)cc(C4CC4)n3)CC2)cc1F.C[C@@H](c1cc(Cl)cc(Cl)c1)N1CCC(C#N)(COc2cc(F)c(C(=O)NS(C)(=O)=O)cc2C2CC2)CC1.C[C@H](c1cc(Cl)cc(Cl)c1)N1CCC(C#N)(COc2cc(F)c(C(=O)NS(C)(=O)=O)cc2C2CC2)CC1. The number of rotatable bonds is 25. The number of hydrogen-bond donors (Lipinski definition) is 3. The van der Waals surface area contributed by atoms with Gasteiger partial charge in [0, 0.05) is 108 Å². The summed E-state index contributed by atoms with van der Waals surface area (Å²) in [5.41, 5.74) is -0.492. The largest absolute Gasteiger partial charge is 0.492 e. The molecule has 0 spiro atoms. The number of aromatic nitrogens is 1. The normalized spacial score (nSPS) is 19.0. The molecule has 0 radical (unpaired) electrons. The molecule has 114 heavy (non-hydrogen) atoms. The number of hydrogen-bond acceptors (Lipinski definition) is 18. The van der Waals surface area contributed by atoms with Crippen LogP contribution in [0.5, 0.6) is 17.2 Å². The molecule has 3 amide bonds. The van der Waals surface area contributed by atoms with Crippen LogP contribution in [-0.2, 0) is 42.8 Å². The summed E-state index contributed by atoms with van der Waals surface area (Å²) in [4.78, 5) is 47.6. The topological polar surface area (TPSA) is 288 Å². The first kappa shape index (κ1) is 87.3. The number of halogens is 11. The predicted molar refractivity (Wildman–Crippen MR) is 416 cm³/mol. The Kier molecular flexibility index (Phi) is 27.0. The van der Waals surface area contributed by atoms with Crippen LogP contribution in [0.4, 0.5) is 30.7 Å². The number of alkyl halides is 4. The number of nitrogens with one attached hydrogen (secondary N) is 3. The first-order chi connectivity index (χ1) is 53.5. The molecule has 7 fully saturated rings. The van der Waals surface area contributed by atoms with E-state index in [0.717, 1.165) is 112 Å². The number of sulfonamides is 3. The van der Waals surface area contributed by atoms with E-state index in [1.165, 1.54) is 18.2 Å². The van der Waals surface area contributed by atoms with Crippen LogP contribution < -0.4 is 28.4 Å². The lowest BCUT2D eigenvalue weighted by Crippen LogP contribution is -2.44. The van der Waals surface area contributed by atoms with E-state index in [9.17, 15) is 76.5 Å². The van der Waals surface area contributed by atoms with Crippen molar-refractivity contribution in [3.63, 3.8) is 0 Å². The fourth-order valence-corrected chi connectivity index (χ4v) is 16.7. The minimum absolute atomic E-state index is 0.00159. The van der Waals surface area contributed by atoms with Gasteiger partial charge in [0.1, 0.15) is 60.2 Å². The summed E-state index contributed by atoms with van der Waals surface area (Å²) in [6.45, 7) is 7.35. The summed E-state index contributed by atoms with van der Waals surface area (Å²) in [7, 11) is -11.6. The van der Waals surface area contributed by atoms with Crippen molar-refractivity contribution in [1.29, 1.82) is 10.5 Å². The van der Waals surface area contributed by atoms with Crippen molar-refractivity contribution in [1.82, 2.24) is 33.8 Å². The van der Waals surface area contributed by atoms with Gasteiger partial charge in [0.25, 0.3) is 17.7 Å². The molecule has 4 saturated carbocycles. The highest BCUT2D eigenvalue weighted by atomic mass is 35.5. The zero-order valence-electron chi connectivity index (χ0n) is 63.0. The van der Waals surface area contributed by atoms with E-state index in [1.54, 1.807) is 26.3 Å². The number of ether oxygens (including phenoxy) is 3. The molecule has 614 valence electrons. The van der Waals surface area contributed by atoms with Crippen LogP contribution in [0, 0.1) is 50.9 Å². The van der Waals surface area contributed by atoms with Gasteiger partial charge in [0.2, 0.25) is 30.1 Å². The van der Waals surface area contributed by atoms with Crippen molar-refractivity contribution in [2.75, 3.05) is 77.9 Å². The number of piperidine rings is 3. The van der Waals surface area contributed by atoms with Gasteiger partial charge in [0.05, 0.1) is 69.7 Å². The summed E-state index contributed by atoms with van der Waals surface area (Å²) in [6.07, 6.45) is 7.03. The van der Waals surface area contributed by atoms with Crippen molar-refractivity contribution in [3.8, 4) is 29.4 Å². The second kappa shape index (κ2) is 35.3. The van der Waals surface area contributed by atoms with Crippen LogP contribution in [0.3, 0.4) is 0 Å². The van der Waals surface area contributed by atoms with Crippen LogP contribution >= 0.6 is 46.4 Å². The molecular formula is C79H86Cl4F7N9O12S3. The molecule has 6 aromatic rings. The smallest absolute Gasteiger partial charge is 0.416 e. The zero-order valence-corrected chi connectivity index (χ0v) is 68.5. The summed E-state index contributed by atoms with van der Waals surface area (Å²) < 4.78 is 192. The van der Waals surface area contributed by atoms with E-state index < -0.39 is 99.0 Å². The first-order valence-corrected chi connectivity index (χ1v) is 44.3. The molecule has 0 bridgehead atoms. The zero-order chi connectivity index (χ0) is 82.8. The molecule has 13 rings (SSSR count). The fourth-order valence-electron chi connectivity index (χ4n) is 14.3. The number of benzene rings is 5. The van der Waals surface area contributed by atoms with E-state index in [1.807, 2.05) is 29.2 Å². The summed E-state index contributed by atoms with van der Waals surface area (Å²) in [6, 6.07) is 25.3. The Labute approximate surface area is 678 Å². The van der Waals surface area contributed by atoms with Gasteiger partial charge in [-0.15, -0.1) is 0 Å². The van der Waals surface area contributed by atoms with Crippen molar-refractivity contribution in [2.45, 2.75) is 158 Å². The van der Waals surface area contributed by atoms with Crippen LogP contribution in [0.25, 0.3) is 0 Å². The highest BCUT2D eigenvalue weighted by Gasteiger charge is 2.43. The lowest BCUT2D eigenvalue weighted by atomic mass is 9.80. The molecule has 7 aliphatic rings.